The summed E-state index contributed by atoms with van der Waals surface area (Å²) in [6.07, 6.45) is 5.66. The molecule has 1 saturated carbocycles. The van der Waals surface area contributed by atoms with Crippen LogP contribution in [0.25, 0.3) is 0 Å². The minimum atomic E-state index is -0.203. The molecule has 2 aliphatic heterocycles. The second kappa shape index (κ2) is 8.19. The van der Waals surface area contributed by atoms with Crippen LogP contribution in [0, 0.1) is 24.2 Å². The summed E-state index contributed by atoms with van der Waals surface area (Å²) in [5.74, 6) is 2.07. The Morgan fingerprint density at radius 3 is 3.15 bits per heavy atom. The smallest absolute Gasteiger partial charge is 0.228 e. The van der Waals surface area contributed by atoms with Gasteiger partial charge in [0.25, 0.3) is 0 Å². The molecule has 1 aliphatic carbocycles. The van der Waals surface area contributed by atoms with Crippen LogP contribution >= 0.6 is 0 Å². The van der Waals surface area contributed by atoms with Crippen molar-refractivity contribution in [3.63, 3.8) is 0 Å². The van der Waals surface area contributed by atoms with Crippen molar-refractivity contribution in [2.45, 2.75) is 45.6 Å². The molecular weight excluding hydrogens is 340 g/mol. The van der Waals surface area contributed by atoms with Gasteiger partial charge in [0, 0.05) is 31.2 Å². The Balaban J connectivity index is 1.40. The van der Waals surface area contributed by atoms with E-state index in [2.05, 4.69) is 35.8 Å². The molecule has 4 rings (SSSR count). The zero-order valence-electron chi connectivity index (χ0n) is 16.4. The number of fused-ring (bicyclic) bond motifs is 1. The Kier molecular flexibility index (Phi) is 5.69. The summed E-state index contributed by atoms with van der Waals surface area (Å²) in [6, 6.07) is 6.25. The van der Waals surface area contributed by atoms with Crippen molar-refractivity contribution >= 4 is 5.91 Å². The first-order chi connectivity index (χ1) is 13.2. The molecule has 0 bridgehead atoms. The van der Waals surface area contributed by atoms with E-state index in [0.29, 0.717) is 25.0 Å². The average Bonchev–Trinajstić information content (AvgIpc) is 3.35. The molecule has 2 heterocycles. The molecule has 27 heavy (non-hydrogen) atoms. The first-order valence-electron chi connectivity index (χ1n) is 10.5. The van der Waals surface area contributed by atoms with Gasteiger partial charge in [-0.15, -0.1) is 0 Å². The van der Waals surface area contributed by atoms with Crippen LogP contribution < -0.4 is 15.4 Å². The third-order valence-electron chi connectivity index (χ3n) is 6.65. The van der Waals surface area contributed by atoms with Gasteiger partial charge in [-0.2, -0.15) is 0 Å². The van der Waals surface area contributed by atoms with Crippen LogP contribution in [0.1, 0.15) is 43.2 Å². The van der Waals surface area contributed by atoms with E-state index in [0.717, 1.165) is 56.9 Å². The summed E-state index contributed by atoms with van der Waals surface area (Å²) < 4.78 is 11.6. The van der Waals surface area contributed by atoms with Crippen LogP contribution in [0.15, 0.2) is 18.2 Å². The predicted octanol–water partition coefficient (Wildman–Crippen LogP) is 2.81. The molecule has 3 aliphatic rings. The minimum absolute atomic E-state index is 0.203. The molecule has 3 atom stereocenters. The lowest BCUT2D eigenvalue weighted by Crippen LogP contribution is -2.47. The standard InChI is InChI=1S/C22H32N2O3/c1-16-5-6-18(20(10-16)27-14-17-7-9-26-13-17)11-24-21(25)22-8-3-2-4-19(22)12-23-15-22/h5-6,10,17,19,23H,2-4,7-9,11-15H2,1H3,(H,24,25)/t17?,19-,22+/m0/s1. The van der Waals surface area contributed by atoms with E-state index in [4.69, 9.17) is 9.47 Å². The van der Waals surface area contributed by atoms with Gasteiger partial charge in [-0.25, -0.2) is 0 Å². The van der Waals surface area contributed by atoms with Crippen molar-refractivity contribution in [1.29, 1.82) is 0 Å². The molecular formula is C22H32N2O3. The molecule has 1 unspecified atom stereocenters. The van der Waals surface area contributed by atoms with Crippen LogP contribution in [0.2, 0.25) is 0 Å². The second-order valence-electron chi connectivity index (χ2n) is 8.56. The molecule has 0 radical (unpaired) electrons. The lowest BCUT2D eigenvalue weighted by molar-refractivity contribution is -0.134. The molecule has 2 N–H and O–H groups in total. The summed E-state index contributed by atoms with van der Waals surface area (Å²) in [5.41, 5.74) is 2.03. The quantitative estimate of drug-likeness (QED) is 0.806. The Bertz CT molecular complexity index is 672. The van der Waals surface area contributed by atoms with Gasteiger partial charge in [-0.05, 0) is 50.3 Å². The van der Waals surface area contributed by atoms with Crippen molar-refractivity contribution in [2.24, 2.45) is 17.3 Å². The van der Waals surface area contributed by atoms with E-state index in [1.807, 2.05) is 0 Å². The number of benzene rings is 1. The molecule has 1 aromatic carbocycles. The minimum Gasteiger partial charge on any atom is -0.493 e. The van der Waals surface area contributed by atoms with E-state index in [1.165, 1.54) is 18.4 Å². The summed E-state index contributed by atoms with van der Waals surface area (Å²) in [5, 5.41) is 6.69. The number of hydrogen-bond donors (Lipinski definition) is 2. The number of ether oxygens (including phenoxy) is 2. The number of aryl methyl sites for hydroxylation is 1. The summed E-state index contributed by atoms with van der Waals surface area (Å²) >= 11 is 0. The van der Waals surface area contributed by atoms with Gasteiger partial charge in [0.2, 0.25) is 5.91 Å². The van der Waals surface area contributed by atoms with Crippen LogP contribution in [-0.4, -0.2) is 38.8 Å². The molecule has 148 valence electrons. The topological polar surface area (TPSA) is 59.6 Å². The Morgan fingerprint density at radius 1 is 1.37 bits per heavy atom. The summed E-state index contributed by atoms with van der Waals surface area (Å²) in [4.78, 5) is 13.1. The number of carbonyl (C=O) groups excluding carboxylic acids is 1. The van der Waals surface area contributed by atoms with E-state index < -0.39 is 0 Å². The van der Waals surface area contributed by atoms with Gasteiger partial charge in [-0.3, -0.25) is 4.79 Å². The molecule has 0 aromatic heterocycles. The summed E-state index contributed by atoms with van der Waals surface area (Å²) in [6.45, 7) is 6.71. The van der Waals surface area contributed by atoms with Gasteiger partial charge < -0.3 is 20.1 Å². The Labute approximate surface area is 162 Å². The zero-order valence-corrected chi connectivity index (χ0v) is 16.4. The monoisotopic (exact) mass is 372 g/mol. The van der Waals surface area contributed by atoms with Crippen LogP contribution in [0.4, 0.5) is 0 Å². The molecule has 2 saturated heterocycles. The molecule has 0 spiro atoms. The maximum absolute atomic E-state index is 13.1. The third kappa shape index (κ3) is 3.99. The largest absolute Gasteiger partial charge is 0.493 e. The van der Waals surface area contributed by atoms with E-state index in [-0.39, 0.29) is 11.3 Å². The fraction of sp³-hybridized carbons (Fsp3) is 0.682. The molecule has 3 fully saturated rings. The maximum atomic E-state index is 13.1. The highest BCUT2D eigenvalue weighted by molar-refractivity contribution is 5.84. The van der Waals surface area contributed by atoms with Gasteiger partial charge >= 0.3 is 0 Å². The fourth-order valence-electron chi connectivity index (χ4n) is 4.91. The van der Waals surface area contributed by atoms with Gasteiger partial charge in [0.05, 0.1) is 18.6 Å². The van der Waals surface area contributed by atoms with Gasteiger partial charge in [0.15, 0.2) is 0 Å². The van der Waals surface area contributed by atoms with Crippen molar-refractivity contribution < 1.29 is 14.3 Å². The van der Waals surface area contributed by atoms with Crippen molar-refractivity contribution in [3.05, 3.63) is 29.3 Å². The molecule has 1 amide bonds. The highest BCUT2D eigenvalue weighted by Gasteiger charge is 2.49. The lowest BCUT2D eigenvalue weighted by atomic mass is 9.67. The highest BCUT2D eigenvalue weighted by atomic mass is 16.5. The zero-order chi connectivity index (χ0) is 18.7. The van der Waals surface area contributed by atoms with E-state index in [1.54, 1.807) is 0 Å². The van der Waals surface area contributed by atoms with Gasteiger partial charge in [0.1, 0.15) is 5.75 Å². The SMILES string of the molecule is Cc1ccc(CNC(=O)[C@@]23CCCC[C@H]2CNC3)c(OCC2CCOC2)c1. The first kappa shape index (κ1) is 18.8. The van der Waals surface area contributed by atoms with Crippen LogP contribution in [0.5, 0.6) is 5.75 Å². The predicted molar refractivity (Wildman–Crippen MR) is 105 cm³/mol. The number of amides is 1. The van der Waals surface area contributed by atoms with Crippen molar-refractivity contribution in [3.8, 4) is 5.75 Å². The second-order valence-corrected chi connectivity index (χ2v) is 8.56. The number of carbonyl (C=O) groups is 1. The number of nitrogens with one attached hydrogen (secondary N) is 2. The normalized spacial score (nSPS) is 30.1. The van der Waals surface area contributed by atoms with Crippen molar-refractivity contribution in [2.75, 3.05) is 32.9 Å². The molecule has 5 heteroatoms. The van der Waals surface area contributed by atoms with Gasteiger partial charge in [-0.1, -0.05) is 25.0 Å². The Morgan fingerprint density at radius 2 is 2.30 bits per heavy atom. The van der Waals surface area contributed by atoms with E-state index in [9.17, 15) is 4.79 Å². The van der Waals surface area contributed by atoms with Crippen LogP contribution in [0.3, 0.4) is 0 Å². The highest BCUT2D eigenvalue weighted by Crippen LogP contribution is 2.44. The number of hydrogen-bond acceptors (Lipinski definition) is 4. The number of rotatable bonds is 6. The first-order valence-corrected chi connectivity index (χ1v) is 10.5. The fourth-order valence-corrected chi connectivity index (χ4v) is 4.91. The van der Waals surface area contributed by atoms with Crippen molar-refractivity contribution in [1.82, 2.24) is 10.6 Å². The lowest BCUT2D eigenvalue weighted by Gasteiger charge is -2.37. The maximum Gasteiger partial charge on any atom is 0.228 e. The summed E-state index contributed by atoms with van der Waals surface area (Å²) in [7, 11) is 0. The average molecular weight is 373 g/mol. The third-order valence-corrected chi connectivity index (χ3v) is 6.65. The van der Waals surface area contributed by atoms with Crippen LogP contribution in [-0.2, 0) is 16.1 Å². The Hall–Kier alpha value is -1.59. The molecule has 1 aromatic rings. The molecule has 5 nitrogen and oxygen atoms in total. The van der Waals surface area contributed by atoms with E-state index >= 15 is 0 Å².